The first-order valence-corrected chi connectivity index (χ1v) is 11.2. The number of hydrogen-bond donors (Lipinski definition) is 1. The van der Waals surface area contributed by atoms with Gasteiger partial charge in [0.1, 0.15) is 18.1 Å². The number of nitrogens with one attached hydrogen (secondary N) is 1. The van der Waals surface area contributed by atoms with E-state index in [2.05, 4.69) is 50.6 Å². The van der Waals surface area contributed by atoms with Crippen LogP contribution in [0.25, 0.3) is 23.0 Å². The average Bonchev–Trinajstić information content (AvgIpc) is 3.28. The minimum atomic E-state index is 0.218. The van der Waals surface area contributed by atoms with Crippen LogP contribution in [0.4, 0.5) is 5.95 Å². The Hall–Kier alpha value is -3.74. The summed E-state index contributed by atoms with van der Waals surface area (Å²) in [6.07, 6.45) is 0.829. The monoisotopic (exact) mass is 443 g/mol. The molecule has 0 radical (unpaired) electrons. The van der Waals surface area contributed by atoms with Crippen molar-refractivity contribution in [3.05, 3.63) is 70.9 Å². The Balaban J connectivity index is 1.60. The topological polar surface area (TPSA) is 86.0 Å². The fourth-order valence-corrected chi connectivity index (χ4v) is 3.61. The second-order valence-corrected chi connectivity index (χ2v) is 8.34. The van der Waals surface area contributed by atoms with Gasteiger partial charge in [-0.2, -0.15) is 0 Å². The Kier molecular flexibility index (Phi) is 6.68. The molecule has 7 nitrogen and oxygen atoms in total. The summed E-state index contributed by atoms with van der Waals surface area (Å²) >= 11 is 0. The van der Waals surface area contributed by atoms with E-state index in [1.807, 2.05) is 58.0 Å². The molecule has 33 heavy (non-hydrogen) atoms. The first kappa shape index (κ1) is 22.5. The van der Waals surface area contributed by atoms with Gasteiger partial charge in [0.25, 0.3) is 5.89 Å². The summed E-state index contributed by atoms with van der Waals surface area (Å²) in [5, 5.41) is 11.7. The highest BCUT2D eigenvalue weighted by Gasteiger charge is 2.17. The van der Waals surface area contributed by atoms with E-state index in [1.165, 1.54) is 0 Å². The van der Waals surface area contributed by atoms with Crippen LogP contribution in [0.2, 0.25) is 0 Å². The third-order valence-corrected chi connectivity index (χ3v) is 5.12. The molecule has 4 aromatic rings. The summed E-state index contributed by atoms with van der Waals surface area (Å²) in [6, 6.07) is 16.3. The molecule has 0 bridgehead atoms. The molecular weight excluding hydrogens is 414 g/mol. The molecule has 2 aromatic carbocycles. The van der Waals surface area contributed by atoms with Gasteiger partial charge in [0.2, 0.25) is 11.8 Å². The number of aromatic nitrogens is 4. The molecule has 0 aliphatic rings. The van der Waals surface area contributed by atoms with Crippen molar-refractivity contribution in [2.24, 2.45) is 0 Å². The van der Waals surface area contributed by atoms with Crippen LogP contribution in [0.1, 0.15) is 43.2 Å². The molecule has 2 aromatic heterocycles. The molecule has 0 atom stereocenters. The molecule has 1 N–H and O–H groups in total. The van der Waals surface area contributed by atoms with Crippen molar-refractivity contribution in [3.63, 3.8) is 0 Å². The van der Waals surface area contributed by atoms with Crippen molar-refractivity contribution in [2.75, 3.05) is 5.32 Å². The normalized spacial score (nSPS) is 11.1. The van der Waals surface area contributed by atoms with E-state index >= 15 is 0 Å². The molecule has 0 aliphatic carbocycles. The third-order valence-electron chi connectivity index (χ3n) is 5.12. The first-order valence-electron chi connectivity index (χ1n) is 11.2. The van der Waals surface area contributed by atoms with Gasteiger partial charge in [0.05, 0.1) is 0 Å². The van der Waals surface area contributed by atoms with E-state index in [1.54, 1.807) is 0 Å². The number of anilines is 1. The zero-order chi connectivity index (χ0) is 23.4. The number of nitrogens with zero attached hydrogens (tertiary/aromatic N) is 4. The van der Waals surface area contributed by atoms with Gasteiger partial charge in [-0.05, 0) is 69.0 Å². The summed E-state index contributed by atoms with van der Waals surface area (Å²) < 4.78 is 12.2. The van der Waals surface area contributed by atoms with Gasteiger partial charge in [-0.3, -0.25) is 0 Å². The van der Waals surface area contributed by atoms with Crippen LogP contribution in [0, 0.1) is 13.8 Å². The predicted octanol–water partition coefficient (Wildman–Crippen LogP) is 5.77. The van der Waals surface area contributed by atoms with Crippen LogP contribution < -0.4 is 10.1 Å². The second-order valence-electron chi connectivity index (χ2n) is 8.34. The summed E-state index contributed by atoms with van der Waals surface area (Å²) in [4.78, 5) is 8.95. The van der Waals surface area contributed by atoms with E-state index in [0.717, 1.165) is 40.1 Å². The number of rotatable bonds is 8. The molecule has 0 saturated carbocycles. The molecule has 0 aliphatic heterocycles. The quantitative estimate of drug-likeness (QED) is 0.370. The third kappa shape index (κ3) is 5.37. The summed E-state index contributed by atoms with van der Waals surface area (Å²) in [5.41, 5.74) is 5.55. The van der Waals surface area contributed by atoms with Gasteiger partial charge in [0, 0.05) is 17.3 Å². The Labute approximate surface area is 194 Å². The van der Waals surface area contributed by atoms with Crippen molar-refractivity contribution in [1.29, 1.82) is 0 Å². The fraction of sp³-hybridized carbons (Fsp3) is 0.308. The Morgan fingerprint density at radius 2 is 1.73 bits per heavy atom. The molecule has 2 heterocycles. The van der Waals surface area contributed by atoms with Crippen LogP contribution in [0.3, 0.4) is 0 Å². The highest BCUT2D eigenvalue weighted by atomic mass is 16.5. The van der Waals surface area contributed by atoms with Crippen LogP contribution in [0.5, 0.6) is 5.75 Å². The van der Waals surface area contributed by atoms with E-state index in [0.29, 0.717) is 30.0 Å². The molecule has 0 spiro atoms. The molecular formula is C26H29N5O2. The van der Waals surface area contributed by atoms with Crippen molar-refractivity contribution >= 4 is 5.95 Å². The molecule has 0 saturated heterocycles. The first-order chi connectivity index (χ1) is 15.9. The highest BCUT2D eigenvalue weighted by molar-refractivity contribution is 5.62. The molecule has 170 valence electrons. The predicted molar refractivity (Wildman–Crippen MR) is 129 cm³/mol. The fourth-order valence-electron chi connectivity index (χ4n) is 3.61. The van der Waals surface area contributed by atoms with Crippen molar-refractivity contribution in [1.82, 2.24) is 20.2 Å². The summed E-state index contributed by atoms with van der Waals surface area (Å²) in [7, 11) is 0. The lowest BCUT2D eigenvalue weighted by Crippen LogP contribution is -2.13. The SMILES string of the molecule is CCc1cc(-c2nnc(-c3cc(C)nc(NC(C)C)n3)o2)cc(C)c1OCc1ccccc1. The summed E-state index contributed by atoms with van der Waals surface area (Å²) in [5.74, 6) is 2.26. The molecule has 0 unspecified atom stereocenters. The zero-order valence-electron chi connectivity index (χ0n) is 19.7. The van der Waals surface area contributed by atoms with Crippen LogP contribution >= 0.6 is 0 Å². The Bertz CT molecular complexity index is 1230. The molecule has 4 rings (SSSR count). The maximum atomic E-state index is 6.18. The minimum Gasteiger partial charge on any atom is -0.488 e. The molecule has 7 heteroatoms. The van der Waals surface area contributed by atoms with Gasteiger partial charge in [-0.25, -0.2) is 9.97 Å². The smallest absolute Gasteiger partial charge is 0.266 e. The Morgan fingerprint density at radius 3 is 2.45 bits per heavy atom. The number of aryl methyl sites for hydroxylation is 3. The van der Waals surface area contributed by atoms with E-state index in [-0.39, 0.29) is 6.04 Å². The number of benzene rings is 2. The van der Waals surface area contributed by atoms with E-state index < -0.39 is 0 Å². The van der Waals surface area contributed by atoms with Gasteiger partial charge in [-0.1, -0.05) is 37.3 Å². The maximum absolute atomic E-state index is 6.18. The van der Waals surface area contributed by atoms with Gasteiger partial charge in [-0.15, -0.1) is 10.2 Å². The van der Waals surface area contributed by atoms with Crippen molar-refractivity contribution in [3.8, 4) is 28.8 Å². The van der Waals surface area contributed by atoms with E-state index in [4.69, 9.17) is 9.15 Å². The lowest BCUT2D eigenvalue weighted by Gasteiger charge is -2.14. The van der Waals surface area contributed by atoms with Crippen molar-refractivity contribution < 1.29 is 9.15 Å². The maximum Gasteiger partial charge on any atom is 0.266 e. The van der Waals surface area contributed by atoms with Crippen LogP contribution in [-0.2, 0) is 13.0 Å². The van der Waals surface area contributed by atoms with Gasteiger partial charge >= 0.3 is 0 Å². The number of hydrogen-bond acceptors (Lipinski definition) is 7. The lowest BCUT2D eigenvalue weighted by molar-refractivity contribution is 0.301. The second kappa shape index (κ2) is 9.81. The van der Waals surface area contributed by atoms with Gasteiger partial charge < -0.3 is 14.5 Å². The lowest BCUT2D eigenvalue weighted by atomic mass is 10.0. The average molecular weight is 444 g/mol. The molecule has 0 amide bonds. The van der Waals surface area contributed by atoms with Gasteiger partial charge in [0.15, 0.2) is 0 Å². The zero-order valence-corrected chi connectivity index (χ0v) is 19.7. The minimum absolute atomic E-state index is 0.218. The highest BCUT2D eigenvalue weighted by Crippen LogP contribution is 2.32. The molecule has 0 fully saturated rings. The standard InChI is InChI=1S/C26H29N5O2/c1-6-20-14-21(12-17(4)23(20)32-15-19-10-8-7-9-11-19)24-30-31-25(33-24)22-13-18(5)28-26(29-22)27-16(2)3/h7-14,16H,6,15H2,1-5H3,(H,27,28,29). The largest absolute Gasteiger partial charge is 0.488 e. The van der Waals surface area contributed by atoms with E-state index in [9.17, 15) is 0 Å². The number of ether oxygens (including phenoxy) is 1. The van der Waals surface area contributed by atoms with Crippen molar-refractivity contribution in [2.45, 2.75) is 53.7 Å². The van der Waals surface area contributed by atoms with Crippen LogP contribution in [-0.4, -0.2) is 26.2 Å². The Morgan fingerprint density at radius 1 is 0.970 bits per heavy atom. The van der Waals surface area contributed by atoms with Crippen LogP contribution in [0.15, 0.2) is 52.9 Å². The summed E-state index contributed by atoms with van der Waals surface area (Å²) in [6.45, 7) is 10.7.